The Hall–Kier alpha value is -8.14. The molecule has 0 saturated carbocycles. The van der Waals surface area contributed by atoms with Crippen LogP contribution in [0.3, 0.4) is 0 Å². The molecule has 0 aliphatic rings. The molecular formula is C82H114N2O. The van der Waals surface area contributed by atoms with E-state index in [0.717, 1.165) is 50.7 Å². The summed E-state index contributed by atoms with van der Waals surface area (Å²) in [4.78, 5) is 0. The number of benzene rings is 9. The Morgan fingerprint density at radius 1 is 0.329 bits per heavy atom. The maximum Gasteiger partial charge on any atom is 0.130 e. The van der Waals surface area contributed by atoms with E-state index in [9.17, 15) is 0 Å². The summed E-state index contributed by atoms with van der Waals surface area (Å²) in [5, 5.41) is 3.46. The Morgan fingerprint density at radius 2 is 0.600 bits per heavy atom. The van der Waals surface area contributed by atoms with Gasteiger partial charge in [0.2, 0.25) is 0 Å². The number of rotatable bonds is 7. The monoisotopic (exact) mass is 1140 g/mol. The van der Waals surface area contributed by atoms with Crippen molar-refractivity contribution in [1.29, 1.82) is 0 Å². The summed E-state index contributed by atoms with van der Waals surface area (Å²) >= 11 is 0. The molecule has 85 heavy (non-hydrogen) atoms. The number of nitrogen functional groups attached to an aromatic ring is 1. The van der Waals surface area contributed by atoms with Crippen molar-refractivity contribution in [1.82, 2.24) is 5.32 Å². The second-order valence-corrected chi connectivity index (χ2v) is 19.1. The van der Waals surface area contributed by atoms with Crippen molar-refractivity contribution >= 4 is 17.0 Å². The summed E-state index contributed by atoms with van der Waals surface area (Å²) in [7, 11) is 0. The first kappa shape index (κ1) is 81.1. The summed E-state index contributed by atoms with van der Waals surface area (Å²) in [6.45, 7) is 55.1. The van der Waals surface area contributed by atoms with Gasteiger partial charge in [0, 0.05) is 17.4 Å². The number of hydrogen-bond acceptors (Lipinski definition) is 3. The van der Waals surface area contributed by atoms with Crippen LogP contribution in [0.15, 0.2) is 238 Å². The van der Waals surface area contributed by atoms with Crippen molar-refractivity contribution < 1.29 is 4.74 Å². The van der Waals surface area contributed by atoms with E-state index in [0.29, 0.717) is 0 Å². The number of nitrogens with one attached hydrogen (secondary N) is 1. The lowest BCUT2D eigenvalue weighted by molar-refractivity contribution is 0.475. The minimum Gasteiger partial charge on any atom is -0.457 e. The van der Waals surface area contributed by atoms with Crippen LogP contribution in [0.25, 0.3) is 11.3 Å². The van der Waals surface area contributed by atoms with Crippen LogP contribution in [0.5, 0.6) is 11.5 Å². The zero-order valence-corrected chi connectivity index (χ0v) is 57.3. The quantitative estimate of drug-likeness (QED) is 0.156. The molecule has 0 amide bonds. The van der Waals surface area contributed by atoms with Gasteiger partial charge < -0.3 is 15.8 Å². The van der Waals surface area contributed by atoms with Crippen LogP contribution >= 0.6 is 0 Å². The van der Waals surface area contributed by atoms with E-state index in [1.165, 1.54) is 55.6 Å². The molecule has 458 valence electrons. The van der Waals surface area contributed by atoms with Gasteiger partial charge in [0.25, 0.3) is 0 Å². The molecule has 9 rings (SSSR count). The lowest BCUT2D eigenvalue weighted by Crippen LogP contribution is -2.16. The van der Waals surface area contributed by atoms with Gasteiger partial charge in [-0.1, -0.05) is 316 Å². The minimum absolute atomic E-state index is 0.259. The lowest BCUT2D eigenvalue weighted by Gasteiger charge is -2.18. The zero-order valence-electron chi connectivity index (χ0n) is 57.3. The fourth-order valence-corrected chi connectivity index (χ4v) is 6.78. The van der Waals surface area contributed by atoms with Gasteiger partial charge in [0.1, 0.15) is 11.5 Å². The highest BCUT2D eigenvalue weighted by atomic mass is 16.5. The van der Waals surface area contributed by atoms with Crippen molar-refractivity contribution in [3.63, 3.8) is 0 Å². The average molecular weight is 1140 g/mol. The first-order chi connectivity index (χ1) is 40.8. The number of aryl methyl sites for hydroxylation is 11. The molecule has 0 aliphatic carbocycles. The molecule has 0 saturated heterocycles. The van der Waals surface area contributed by atoms with Crippen LogP contribution in [0.1, 0.15) is 167 Å². The second-order valence-electron chi connectivity index (χ2n) is 19.1. The van der Waals surface area contributed by atoms with Gasteiger partial charge in [-0.05, 0) is 164 Å². The Balaban J connectivity index is -0.000000924. The maximum atomic E-state index is 5.84. The van der Waals surface area contributed by atoms with Gasteiger partial charge in [-0.2, -0.15) is 0 Å². The largest absolute Gasteiger partial charge is 0.457 e. The summed E-state index contributed by atoms with van der Waals surface area (Å²) in [5.41, 5.74) is 26.2. The SMILES string of the molecule is C=C(C)c1ccc(C)cc1.C=C(NC(C)c1ccc(C)cc1)c1ccc(C)cc1.CC.CC.CC.CC.CC.Cc1ccccc1.Cc1ccccc1C.Cc1ccccc1C.Cc1ccccc1N.Cc1ccccc1Oc1ccccc1C. The Kier molecular flexibility index (Phi) is 49.1. The molecule has 0 aliphatic heterocycles. The van der Waals surface area contributed by atoms with Crippen molar-refractivity contribution in [3.05, 3.63) is 316 Å². The van der Waals surface area contributed by atoms with E-state index < -0.39 is 0 Å². The summed E-state index contributed by atoms with van der Waals surface area (Å²) in [6, 6.07) is 76.5. The van der Waals surface area contributed by atoms with Crippen LogP contribution in [0.2, 0.25) is 0 Å². The third kappa shape index (κ3) is 37.6. The van der Waals surface area contributed by atoms with E-state index in [4.69, 9.17) is 10.5 Å². The smallest absolute Gasteiger partial charge is 0.130 e. The number of ether oxygens (including phenoxy) is 1. The highest BCUT2D eigenvalue weighted by Crippen LogP contribution is 2.27. The van der Waals surface area contributed by atoms with Crippen molar-refractivity contribution in [3.8, 4) is 11.5 Å². The lowest BCUT2D eigenvalue weighted by atomic mass is 10.0. The molecule has 0 fully saturated rings. The predicted octanol–water partition coefficient (Wildman–Crippen LogP) is 25.1. The molecule has 0 bridgehead atoms. The molecule has 9 aromatic rings. The van der Waals surface area contributed by atoms with Crippen LogP contribution in [0.4, 0.5) is 5.69 Å². The molecule has 9 aromatic carbocycles. The molecule has 3 nitrogen and oxygen atoms in total. The van der Waals surface area contributed by atoms with Gasteiger partial charge in [-0.15, -0.1) is 0 Å². The number of hydrogen-bond donors (Lipinski definition) is 2. The second kappa shape index (κ2) is 51.5. The maximum absolute atomic E-state index is 5.84. The summed E-state index contributed by atoms with van der Waals surface area (Å²) in [6.07, 6.45) is 0. The molecule has 1 atom stereocenters. The zero-order chi connectivity index (χ0) is 65.1. The van der Waals surface area contributed by atoms with Gasteiger partial charge in [-0.3, -0.25) is 0 Å². The number of allylic oxidation sites excluding steroid dienone is 1. The Bertz CT molecular complexity index is 2830. The molecule has 3 N–H and O–H groups in total. The van der Waals surface area contributed by atoms with Gasteiger partial charge in [-0.25, -0.2) is 0 Å². The van der Waals surface area contributed by atoms with Gasteiger partial charge in [0.05, 0.1) is 0 Å². The summed E-state index contributed by atoms with van der Waals surface area (Å²) in [5.74, 6) is 1.85. The van der Waals surface area contributed by atoms with E-state index in [1.807, 2.05) is 188 Å². The minimum atomic E-state index is 0.259. The molecule has 0 radical (unpaired) electrons. The van der Waals surface area contributed by atoms with E-state index in [1.54, 1.807) is 0 Å². The van der Waals surface area contributed by atoms with Crippen LogP contribution < -0.4 is 15.8 Å². The molecule has 1 unspecified atom stereocenters. The molecule has 0 spiro atoms. The highest BCUT2D eigenvalue weighted by Gasteiger charge is 2.07. The van der Waals surface area contributed by atoms with Crippen LogP contribution in [-0.4, -0.2) is 0 Å². The summed E-state index contributed by atoms with van der Waals surface area (Å²) < 4.78 is 5.84. The number of anilines is 1. The van der Waals surface area contributed by atoms with Crippen LogP contribution in [-0.2, 0) is 0 Å². The normalized spacial score (nSPS) is 9.21. The van der Waals surface area contributed by atoms with E-state index >= 15 is 0 Å². The fourth-order valence-electron chi connectivity index (χ4n) is 6.78. The first-order valence-corrected chi connectivity index (χ1v) is 30.8. The van der Waals surface area contributed by atoms with Gasteiger partial charge >= 0.3 is 0 Å². The number of nitrogens with two attached hydrogens (primary N) is 1. The highest BCUT2D eigenvalue weighted by molar-refractivity contribution is 5.62. The fraction of sp³-hybridized carbons (Fsp3) is 0.293. The molecule has 0 aromatic heterocycles. The topological polar surface area (TPSA) is 47.3 Å². The predicted molar refractivity (Wildman–Crippen MR) is 387 cm³/mol. The standard InChI is InChI=1S/C18H21N.C14H14O.C10H12.2C8H10.C7H9N.C7H8.5C2H6/c1-13-5-9-17(10-6-13)15(3)19-16(4)18-11-7-14(2)8-12-18;1-11-7-3-5-9-13(11)15-14-10-6-4-8-12(14)2;1-8(2)10-6-4-9(3)5-7-10;2*1-7-5-3-4-6-8(7)2;1-6-4-2-3-5-7(6)8;1-7-5-3-2-4-6-7;5*1-2/h5-12,16,19H,3H2,1-2,4H3;3-10H,1-2H3;4-7H,1H2,2-3H3;2*3-6H,1-2H3;2-5H,8H2,1H3;2-6H,1H3;5*1-2H3. The van der Waals surface area contributed by atoms with Crippen molar-refractivity contribution in [2.24, 2.45) is 0 Å². The third-order valence-electron chi connectivity index (χ3n) is 12.3. The average Bonchev–Trinajstić information content (AvgIpc) is 3.68. The number of para-hydroxylation sites is 3. The van der Waals surface area contributed by atoms with Crippen molar-refractivity contribution in [2.75, 3.05) is 5.73 Å². The molecular weight excluding hydrogens is 1030 g/mol. The Labute approximate surface area is 522 Å². The third-order valence-corrected chi connectivity index (χ3v) is 12.3. The Morgan fingerprint density at radius 3 is 0.871 bits per heavy atom. The van der Waals surface area contributed by atoms with E-state index in [-0.39, 0.29) is 6.04 Å². The molecule has 0 heterocycles. The molecule has 3 heteroatoms. The van der Waals surface area contributed by atoms with Crippen molar-refractivity contribution in [2.45, 2.75) is 165 Å². The van der Waals surface area contributed by atoms with Crippen LogP contribution in [0, 0.1) is 76.2 Å². The van der Waals surface area contributed by atoms with E-state index in [2.05, 4.69) is 214 Å². The first-order valence-electron chi connectivity index (χ1n) is 30.8. The van der Waals surface area contributed by atoms with Gasteiger partial charge in [0.15, 0.2) is 0 Å².